The Balaban J connectivity index is 2.60. The maximum Gasteiger partial charge on any atom is 0.340 e. The van der Waals surface area contributed by atoms with Gasteiger partial charge in [0.1, 0.15) is 0 Å². The Morgan fingerprint density at radius 3 is 2.62 bits per heavy atom. The lowest BCUT2D eigenvalue weighted by Crippen LogP contribution is -2.16. The summed E-state index contributed by atoms with van der Waals surface area (Å²) in [5.41, 5.74) is 0.435. The number of hydrogen-bond donors (Lipinski definition) is 1. The SMILES string of the molecule is O=C(c1ncc2ccccc2n1)S(=O)(=O)O. The molecule has 7 heteroatoms. The third-order valence-corrected chi connectivity index (χ3v) is 2.56. The van der Waals surface area contributed by atoms with Crippen LogP contribution >= 0.6 is 0 Å². The van der Waals surface area contributed by atoms with Crippen LogP contribution in [0.15, 0.2) is 30.5 Å². The van der Waals surface area contributed by atoms with E-state index in [1.807, 2.05) is 0 Å². The molecule has 1 aromatic carbocycles. The Morgan fingerprint density at radius 1 is 1.25 bits per heavy atom. The van der Waals surface area contributed by atoms with E-state index >= 15 is 0 Å². The van der Waals surface area contributed by atoms with Gasteiger partial charge in [-0.05, 0) is 6.07 Å². The molecule has 0 aliphatic rings. The quantitative estimate of drug-likeness (QED) is 0.733. The third-order valence-electron chi connectivity index (χ3n) is 1.91. The molecule has 0 saturated heterocycles. The number of carbonyl (C=O) groups excluding carboxylic acids is 1. The highest BCUT2D eigenvalue weighted by Crippen LogP contribution is 2.10. The normalized spacial score (nSPS) is 11.6. The molecular formula is C9H6N2O4S. The van der Waals surface area contributed by atoms with Crippen LogP contribution in [-0.2, 0) is 10.1 Å². The molecule has 0 amide bonds. The van der Waals surface area contributed by atoms with Crippen LogP contribution in [0.25, 0.3) is 10.9 Å². The van der Waals surface area contributed by atoms with Gasteiger partial charge >= 0.3 is 15.2 Å². The lowest BCUT2D eigenvalue weighted by Gasteiger charge is -1.98. The molecule has 0 aliphatic heterocycles. The second-order valence-electron chi connectivity index (χ2n) is 3.01. The van der Waals surface area contributed by atoms with E-state index in [0.717, 1.165) is 0 Å². The predicted molar refractivity (Wildman–Crippen MR) is 55.4 cm³/mol. The minimum atomic E-state index is -4.79. The number of rotatable bonds is 1. The first kappa shape index (κ1) is 10.7. The summed E-state index contributed by atoms with van der Waals surface area (Å²) in [7, 11) is -4.79. The summed E-state index contributed by atoms with van der Waals surface area (Å²) in [6.07, 6.45) is 1.32. The Morgan fingerprint density at radius 2 is 1.94 bits per heavy atom. The van der Waals surface area contributed by atoms with Crippen molar-refractivity contribution < 1.29 is 17.8 Å². The van der Waals surface area contributed by atoms with Crippen LogP contribution in [0.1, 0.15) is 10.6 Å². The van der Waals surface area contributed by atoms with Crippen molar-refractivity contribution in [3.05, 3.63) is 36.3 Å². The standard InChI is InChI=1S/C9H6N2O4S/c12-9(16(13,14)15)8-10-5-6-3-1-2-4-7(6)11-8/h1-5H,(H,13,14,15). The summed E-state index contributed by atoms with van der Waals surface area (Å²) in [6, 6.07) is 6.78. The first-order chi connectivity index (χ1) is 7.48. The predicted octanol–water partition coefficient (Wildman–Crippen LogP) is 0.658. The molecule has 6 nitrogen and oxygen atoms in total. The van der Waals surface area contributed by atoms with Gasteiger partial charge in [-0.25, -0.2) is 9.97 Å². The molecule has 0 fully saturated rings. The monoisotopic (exact) mass is 238 g/mol. The maximum absolute atomic E-state index is 11.1. The summed E-state index contributed by atoms with van der Waals surface area (Å²) < 4.78 is 29.7. The van der Waals surface area contributed by atoms with Crippen molar-refractivity contribution in [1.29, 1.82) is 0 Å². The number of para-hydroxylation sites is 1. The Labute approximate surface area is 90.7 Å². The zero-order valence-electron chi connectivity index (χ0n) is 7.86. The second kappa shape index (κ2) is 3.62. The summed E-state index contributed by atoms with van der Waals surface area (Å²) in [6.45, 7) is 0. The fourth-order valence-electron chi connectivity index (χ4n) is 1.19. The highest BCUT2D eigenvalue weighted by molar-refractivity contribution is 8.01. The van der Waals surface area contributed by atoms with E-state index in [0.29, 0.717) is 10.9 Å². The van der Waals surface area contributed by atoms with E-state index in [4.69, 9.17) is 4.55 Å². The molecule has 0 aliphatic carbocycles. The average molecular weight is 238 g/mol. The molecular weight excluding hydrogens is 232 g/mol. The molecule has 0 spiro atoms. The van der Waals surface area contributed by atoms with Gasteiger partial charge in [0.25, 0.3) is 0 Å². The minimum absolute atomic E-state index is 0.435. The van der Waals surface area contributed by atoms with Crippen molar-refractivity contribution in [2.75, 3.05) is 0 Å². The van der Waals surface area contributed by atoms with Crippen molar-refractivity contribution in [3.63, 3.8) is 0 Å². The van der Waals surface area contributed by atoms with Crippen LogP contribution in [0, 0.1) is 0 Å². The van der Waals surface area contributed by atoms with Gasteiger partial charge in [-0.3, -0.25) is 9.35 Å². The molecule has 16 heavy (non-hydrogen) atoms. The zero-order valence-corrected chi connectivity index (χ0v) is 8.68. The van der Waals surface area contributed by atoms with Gasteiger partial charge in [0, 0.05) is 11.6 Å². The zero-order chi connectivity index (χ0) is 11.8. The number of fused-ring (bicyclic) bond motifs is 1. The fraction of sp³-hybridized carbons (Fsp3) is 0. The lowest BCUT2D eigenvalue weighted by molar-refractivity contribution is 0.105. The molecule has 0 saturated carbocycles. The van der Waals surface area contributed by atoms with Crippen LogP contribution < -0.4 is 0 Å². The first-order valence-corrected chi connectivity index (χ1v) is 5.66. The summed E-state index contributed by atoms with van der Waals surface area (Å²) in [4.78, 5) is 18.5. The number of benzene rings is 1. The van der Waals surface area contributed by atoms with E-state index in [1.165, 1.54) is 6.20 Å². The van der Waals surface area contributed by atoms with Gasteiger partial charge in [-0.1, -0.05) is 18.2 Å². The number of aromatic nitrogens is 2. The van der Waals surface area contributed by atoms with Gasteiger partial charge in [-0.2, -0.15) is 8.42 Å². The van der Waals surface area contributed by atoms with E-state index in [1.54, 1.807) is 24.3 Å². The Hall–Kier alpha value is -1.86. The highest BCUT2D eigenvalue weighted by atomic mass is 32.2. The Bertz CT molecular complexity index is 666. The lowest BCUT2D eigenvalue weighted by atomic mass is 10.2. The average Bonchev–Trinajstić information content (AvgIpc) is 2.26. The minimum Gasteiger partial charge on any atom is -0.279 e. The first-order valence-electron chi connectivity index (χ1n) is 4.22. The molecule has 82 valence electrons. The van der Waals surface area contributed by atoms with Gasteiger partial charge in [0.05, 0.1) is 5.52 Å². The molecule has 2 aromatic rings. The van der Waals surface area contributed by atoms with Crippen LogP contribution in [0.5, 0.6) is 0 Å². The van der Waals surface area contributed by atoms with Crippen LogP contribution in [0.2, 0.25) is 0 Å². The summed E-state index contributed by atoms with van der Waals surface area (Å²) >= 11 is 0. The van der Waals surface area contributed by atoms with Gasteiger partial charge < -0.3 is 0 Å². The van der Waals surface area contributed by atoms with E-state index < -0.39 is 21.1 Å². The second-order valence-corrected chi connectivity index (χ2v) is 4.34. The van der Waals surface area contributed by atoms with Crippen LogP contribution in [0.3, 0.4) is 0 Å². The largest absolute Gasteiger partial charge is 0.340 e. The molecule has 0 unspecified atom stereocenters. The van der Waals surface area contributed by atoms with Crippen molar-refractivity contribution in [2.45, 2.75) is 0 Å². The van der Waals surface area contributed by atoms with Crippen LogP contribution in [-0.4, -0.2) is 28.1 Å². The van der Waals surface area contributed by atoms with Crippen molar-refractivity contribution in [1.82, 2.24) is 9.97 Å². The molecule has 1 N–H and O–H groups in total. The molecule has 0 radical (unpaired) electrons. The number of nitrogens with zero attached hydrogens (tertiary/aromatic N) is 2. The molecule has 2 rings (SSSR count). The molecule has 0 atom stereocenters. The summed E-state index contributed by atoms with van der Waals surface area (Å²) in [5, 5.41) is -0.826. The maximum atomic E-state index is 11.1. The van der Waals surface area contributed by atoms with Crippen molar-refractivity contribution in [2.24, 2.45) is 0 Å². The Kier molecular flexibility index (Phi) is 2.41. The fourth-order valence-corrected chi connectivity index (χ4v) is 1.51. The highest BCUT2D eigenvalue weighted by Gasteiger charge is 2.23. The third kappa shape index (κ3) is 1.90. The number of hydrogen-bond acceptors (Lipinski definition) is 5. The van der Waals surface area contributed by atoms with Crippen molar-refractivity contribution >= 4 is 26.1 Å². The summed E-state index contributed by atoms with van der Waals surface area (Å²) in [5.74, 6) is -0.541. The molecule has 1 aromatic heterocycles. The smallest absolute Gasteiger partial charge is 0.279 e. The topological polar surface area (TPSA) is 97.2 Å². The van der Waals surface area contributed by atoms with Crippen molar-refractivity contribution in [3.8, 4) is 0 Å². The number of carbonyl (C=O) groups is 1. The molecule has 1 heterocycles. The van der Waals surface area contributed by atoms with Crippen LogP contribution in [0.4, 0.5) is 0 Å². The van der Waals surface area contributed by atoms with E-state index in [2.05, 4.69) is 9.97 Å². The van der Waals surface area contributed by atoms with Gasteiger partial charge in [0.15, 0.2) is 0 Å². The van der Waals surface area contributed by atoms with Gasteiger partial charge in [-0.15, -0.1) is 0 Å². The van der Waals surface area contributed by atoms with Gasteiger partial charge in [0.2, 0.25) is 5.82 Å². The van der Waals surface area contributed by atoms with E-state index in [-0.39, 0.29) is 0 Å². The molecule has 0 bridgehead atoms. The van der Waals surface area contributed by atoms with E-state index in [9.17, 15) is 13.2 Å².